The Kier molecular flexibility index (Phi) is 5.93. The zero-order chi connectivity index (χ0) is 16.7. The molecule has 0 spiro atoms. The Morgan fingerprint density at radius 3 is 2.70 bits per heavy atom. The molecule has 0 bridgehead atoms. The van der Waals surface area contributed by atoms with Crippen LogP contribution >= 0.6 is 11.8 Å². The first-order valence-corrected chi connectivity index (χ1v) is 7.89. The fourth-order valence-electron chi connectivity index (χ4n) is 1.87. The number of carbonyl (C=O) groups is 1. The number of rotatable bonds is 8. The fraction of sp³-hybridized carbons (Fsp3) is 0.200. The summed E-state index contributed by atoms with van der Waals surface area (Å²) in [5, 5.41) is 8.55. The normalized spacial score (nSPS) is 10.3. The van der Waals surface area contributed by atoms with Crippen LogP contribution in [0.4, 0.5) is 0 Å². The van der Waals surface area contributed by atoms with Gasteiger partial charge in [-0.2, -0.15) is 0 Å². The minimum Gasteiger partial charge on any atom is -0.335 e. The topological polar surface area (TPSA) is 89.9 Å². The van der Waals surface area contributed by atoms with Crippen LogP contribution in [-0.4, -0.2) is 49.5 Å². The second-order valence-corrected chi connectivity index (χ2v) is 5.53. The summed E-state index contributed by atoms with van der Waals surface area (Å²) < 4.78 is 1.36. The Morgan fingerprint density at radius 2 is 2.09 bits per heavy atom. The highest BCUT2D eigenvalue weighted by molar-refractivity contribution is 7.99. The van der Waals surface area contributed by atoms with Gasteiger partial charge in [-0.05, 0) is 12.1 Å². The van der Waals surface area contributed by atoms with Gasteiger partial charge in [0.05, 0.1) is 5.75 Å². The minimum atomic E-state index is -0.0410. The van der Waals surface area contributed by atoms with Crippen molar-refractivity contribution in [3.05, 3.63) is 49.8 Å². The predicted octanol–water partition coefficient (Wildman–Crippen LogP) is 1.35. The van der Waals surface area contributed by atoms with Gasteiger partial charge in [0.25, 0.3) is 0 Å². The van der Waals surface area contributed by atoms with Crippen molar-refractivity contribution in [2.45, 2.75) is 5.16 Å². The van der Waals surface area contributed by atoms with Crippen LogP contribution in [0.1, 0.15) is 0 Å². The first-order chi connectivity index (χ1) is 11.2. The smallest absolute Gasteiger partial charge is 0.233 e. The summed E-state index contributed by atoms with van der Waals surface area (Å²) in [6.45, 7) is 8.24. The summed E-state index contributed by atoms with van der Waals surface area (Å²) in [5.74, 6) is 6.67. The molecular formula is C15H18N6OS. The number of carbonyl (C=O) groups excluding carboxylic acids is 1. The summed E-state index contributed by atoms with van der Waals surface area (Å²) in [5.41, 5.74) is 0.764. The quantitative estimate of drug-likeness (QED) is 0.446. The summed E-state index contributed by atoms with van der Waals surface area (Å²) >= 11 is 1.23. The summed E-state index contributed by atoms with van der Waals surface area (Å²) in [6.07, 6.45) is 6.68. The second-order valence-electron chi connectivity index (χ2n) is 4.58. The number of aromatic nitrogens is 4. The zero-order valence-electron chi connectivity index (χ0n) is 12.6. The molecule has 2 aromatic heterocycles. The number of hydrogen-bond acceptors (Lipinski definition) is 6. The Hall–Kier alpha value is -2.61. The zero-order valence-corrected chi connectivity index (χ0v) is 13.4. The third-order valence-corrected chi connectivity index (χ3v) is 3.89. The van der Waals surface area contributed by atoms with Crippen LogP contribution in [0.25, 0.3) is 11.4 Å². The summed E-state index contributed by atoms with van der Waals surface area (Å²) in [7, 11) is 0. The summed E-state index contributed by atoms with van der Waals surface area (Å²) in [4.78, 5) is 17.9. The molecule has 23 heavy (non-hydrogen) atoms. The molecule has 0 unspecified atom stereocenters. The Bertz CT molecular complexity index is 675. The minimum absolute atomic E-state index is 0.0410. The van der Waals surface area contributed by atoms with E-state index in [0.29, 0.717) is 24.1 Å². The van der Waals surface area contributed by atoms with E-state index < -0.39 is 0 Å². The Balaban J connectivity index is 2.04. The maximum Gasteiger partial charge on any atom is 0.233 e. The highest BCUT2D eigenvalue weighted by Crippen LogP contribution is 2.20. The van der Waals surface area contributed by atoms with Crippen LogP contribution in [0.15, 0.2) is 55.0 Å². The molecule has 0 radical (unpaired) electrons. The van der Waals surface area contributed by atoms with Crippen LogP contribution in [0.3, 0.4) is 0 Å². The van der Waals surface area contributed by atoms with Crippen molar-refractivity contribution in [3.8, 4) is 11.4 Å². The lowest BCUT2D eigenvalue weighted by atomic mass is 10.3. The van der Waals surface area contributed by atoms with Gasteiger partial charge in [-0.3, -0.25) is 9.78 Å². The predicted molar refractivity (Wildman–Crippen MR) is 91.1 cm³/mol. The molecule has 0 aliphatic heterocycles. The van der Waals surface area contributed by atoms with Crippen molar-refractivity contribution < 1.29 is 4.79 Å². The highest BCUT2D eigenvalue weighted by Gasteiger charge is 2.16. The molecule has 120 valence electrons. The number of nitrogen functional groups attached to an aromatic ring is 1. The van der Waals surface area contributed by atoms with Crippen molar-refractivity contribution >= 4 is 17.7 Å². The highest BCUT2D eigenvalue weighted by atomic mass is 32.2. The van der Waals surface area contributed by atoms with Crippen LogP contribution in [-0.2, 0) is 4.79 Å². The van der Waals surface area contributed by atoms with Gasteiger partial charge in [0.2, 0.25) is 11.1 Å². The Morgan fingerprint density at radius 1 is 1.35 bits per heavy atom. The average Bonchev–Trinajstić information content (AvgIpc) is 2.94. The number of thioether (sulfide) groups is 1. The van der Waals surface area contributed by atoms with Gasteiger partial charge in [-0.15, -0.1) is 23.4 Å². The number of hydrogen-bond donors (Lipinski definition) is 1. The average molecular weight is 330 g/mol. The molecule has 2 rings (SSSR count). The van der Waals surface area contributed by atoms with Gasteiger partial charge < -0.3 is 10.7 Å². The molecule has 0 aliphatic carbocycles. The van der Waals surface area contributed by atoms with E-state index in [0.717, 1.165) is 5.56 Å². The SMILES string of the molecule is C=CCN(CC=C)C(=O)CSc1nnc(-c2cccnc2)n1N. The van der Waals surface area contributed by atoms with E-state index in [9.17, 15) is 4.79 Å². The lowest BCUT2D eigenvalue weighted by Gasteiger charge is -2.18. The molecule has 0 atom stereocenters. The van der Waals surface area contributed by atoms with Crippen LogP contribution in [0.2, 0.25) is 0 Å². The van der Waals surface area contributed by atoms with E-state index in [4.69, 9.17) is 5.84 Å². The van der Waals surface area contributed by atoms with Crippen molar-refractivity contribution in [3.63, 3.8) is 0 Å². The first-order valence-electron chi connectivity index (χ1n) is 6.90. The van der Waals surface area contributed by atoms with Gasteiger partial charge in [-0.1, -0.05) is 23.9 Å². The third kappa shape index (κ3) is 4.19. The lowest BCUT2D eigenvalue weighted by Crippen LogP contribution is -2.32. The largest absolute Gasteiger partial charge is 0.335 e. The van der Waals surface area contributed by atoms with Gasteiger partial charge >= 0.3 is 0 Å². The maximum absolute atomic E-state index is 12.2. The molecule has 2 aromatic rings. The van der Waals surface area contributed by atoms with E-state index in [2.05, 4.69) is 28.3 Å². The van der Waals surface area contributed by atoms with Crippen LogP contribution in [0, 0.1) is 0 Å². The first kappa shape index (κ1) is 16.8. The number of amides is 1. The molecule has 0 saturated heterocycles. The molecule has 7 nitrogen and oxygen atoms in total. The monoisotopic (exact) mass is 330 g/mol. The van der Waals surface area contributed by atoms with E-state index in [1.807, 2.05) is 6.07 Å². The van der Waals surface area contributed by atoms with Gasteiger partial charge in [0.1, 0.15) is 0 Å². The second kappa shape index (κ2) is 8.14. The van der Waals surface area contributed by atoms with Crippen LogP contribution < -0.4 is 5.84 Å². The van der Waals surface area contributed by atoms with Gasteiger partial charge in [-0.25, -0.2) is 4.68 Å². The standard InChI is InChI=1S/C15H18N6OS/c1-3-8-20(9-4-2)13(22)11-23-15-19-18-14(21(15)16)12-6-5-7-17-10-12/h3-7,10H,1-2,8-9,11,16H2. The number of nitrogens with two attached hydrogens (primary N) is 1. The van der Waals surface area contributed by atoms with E-state index >= 15 is 0 Å². The van der Waals surface area contributed by atoms with E-state index in [-0.39, 0.29) is 11.7 Å². The van der Waals surface area contributed by atoms with Gasteiger partial charge in [0.15, 0.2) is 5.82 Å². The van der Waals surface area contributed by atoms with Crippen molar-refractivity contribution in [1.29, 1.82) is 0 Å². The summed E-state index contributed by atoms with van der Waals surface area (Å²) in [6, 6.07) is 3.64. The van der Waals surface area contributed by atoms with Crippen molar-refractivity contribution in [2.75, 3.05) is 24.7 Å². The van der Waals surface area contributed by atoms with Crippen LogP contribution in [0.5, 0.6) is 0 Å². The van der Waals surface area contributed by atoms with E-state index in [1.165, 1.54) is 16.4 Å². The van der Waals surface area contributed by atoms with Crippen molar-refractivity contribution in [1.82, 2.24) is 24.8 Å². The molecule has 0 fully saturated rings. The molecule has 8 heteroatoms. The van der Waals surface area contributed by atoms with E-state index in [1.54, 1.807) is 35.5 Å². The number of pyridine rings is 1. The fourth-order valence-corrected chi connectivity index (χ4v) is 2.63. The lowest BCUT2D eigenvalue weighted by molar-refractivity contribution is -0.127. The molecule has 2 N–H and O–H groups in total. The maximum atomic E-state index is 12.2. The van der Waals surface area contributed by atoms with Gasteiger partial charge in [0, 0.05) is 31.0 Å². The molecular weight excluding hydrogens is 312 g/mol. The molecule has 0 aromatic carbocycles. The molecule has 1 amide bonds. The Labute approximate surface area is 138 Å². The van der Waals surface area contributed by atoms with Crippen molar-refractivity contribution in [2.24, 2.45) is 0 Å². The molecule has 2 heterocycles. The molecule has 0 saturated carbocycles. The number of nitrogens with zero attached hydrogens (tertiary/aromatic N) is 5. The molecule has 0 aliphatic rings. The third-order valence-electron chi connectivity index (χ3n) is 2.96.